The maximum Gasteiger partial charge on any atom is 0.246 e. The van der Waals surface area contributed by atoms with Gasteiger partial charge in [0.15, 0.2) is 0 Å². The number of carbonyl (C=O) groups is 1. The van der Waals surface area contributed by atoms with E-state index in [0.29, 0.717) is 10.0 Å². The summed E-state index contributed by atoms with van der Waals surface area (Å²) in [6, 6.07) is 13.8. The van der Waals surface area contributed by atoms with E-state index in [-0.39, 0.29) is 18.1 Å². The predicted molar refractivity (Wildman–Crippen MR) is 97.6 cm³/mol. The van der Waals surface area contributed by atoms with Gasteiger partial charge in [0, 0.05) is 12.2 Å². The molecule has 0 spiro atoms. The van der Waals surface area contributed by atoms with Crippen molar-refractivity contribution >= 4 is 34.8 Å². The van der Waals surface area contributed by atoms with Gasteiger partial charge in [0.25, 0.3) is 0 Å². The van der Waals surface area contributed by atoms with Crippen LogP contribution in [0, 0.1) is 6.92 Å². The van der Waals surface area contributed by atoms with E-state index in [0.717, 1.165) is 30.6 Å². The first-order valence-corrected chi connectivity index (χ1v) is 8.92. The van der Waals surface area contributed by atoms with Gasteiger partial charge >= 0.3 is 0 Å². The third-order valence-electron chi connectivity index (χ3n) is 4.93. The number of anilines is 1. The molecule has 2 atom stereocenters. The molecule has 2 saturated heterocycles. The Hall–Kier alpha value is -1.55. The van der Waals surface area contributed by atoms with Gasteiger partial charge in [-0.2, -0.15) is 0 Å². The molecule has 2 aliphatic heterocycles. The molecule has 2 fully saturated rings. The third-order valence-corrected chi connectivity index (χ3v) is 5.67. The number of carbonyl (C=O) groups excluding carboxylic acids is 1. The number of benzene rings is 2. The molecule has 2 aromatic rings. The highest BCUT2D eigenvalue weighted by Crippen LogP contribution is 2.43. The zero-order chi connectivity index (χ0) is 16.8. The fourth-order valence-corrected chi connectivity index (χ4v) is 4.05. The second kappa shape index (κ2) is 6.07. The monoisotopic (exact) mass is 360 g/mol. The Morgan fingerprint density at radius 2 is 1.79 bits per heavy atom. The first kappa shape index (κ1) is 15.9. The average molecular weight is 361 g/mol. The number of aryl methyl sites for hydroxylation is 1. The minimum Gasteiger partial charge on any atom is -0.290 e. The van der Waals surface area contributed by atoms with Crippen molar-refractivity contribution in [3.8, 4) is 0 Å². The molecule has 24 heavy (non-hydrogen) atoms. The van der Waals surface area contributed by atoms with E-state index in [4.69, 9.17) is 23.2 Å². The second-order valence-electron chi connectivity index (χ2n) is 6.49. The molecule has 5 heteroatoms. The summed E-state index contributed by atoms with van der Waals surface area (Å²) in [5.74, 6) is 0.150. The molecule has 0 radical (unpaired) electrons. The summed E-state index contributed by atoms with van der Waals surface area (Å²) in [4.78, 5) is 17.2. The van der Waals surface area contributed by atoms with Crippen LogP contribution in [0.25, 0.3) is 0 Å². The Bertz CT molecular complexity index is 790. The first-order valence-electron chi connectivity index (χ1n) is 8.17. The van der Waals surface area contributed by atoms with E-state index in [1.165, 1.54) is 5.56 Å². The number of amides is 1. The van der Waals surface area contributed by atoms with Crippen LogP contribution < -0.4 is 4.90 Å². The molecule has 0 bridgehead atoms. The highest BCUT2D eigenvalue weighted by atomic mass is 35.5. The molecule has 3 nitrogen and oxygen atoms in total. The van der Waals surface area contributed by atoms with Crippen molar-refractivity contribution in [1.82, 2.24) is 4.90 Å². The van der Waals surface area contributed by atoms with Crippen molar-refractivity contribution in [3.05, 3.63) is 63.6 Å². The van der Waals surface area contributed by atoms with Crippen LogP contribution in [0.15, 0.2) is 42.5 Å². The van der Waals surface area contributed by atoms with E-state index in [1.54, 1.807) is 12.1 Å². The molecule has 2 heterocycles. The lowest BCUT2D eigenvalue weighted by Gasteiger charge is -2.30. The van der Waals surface area contributed by atoms with Gasteiger partial charge in [0.1, 0.15) is 6.17 Å². The van der Waals surface area contributed by atoms with Gasteiger partial charge in [-0.15, -0.1) is 0 Å². The van der Waals surface area contributed by atoms with Crippen molar-refractivity contribution in [2.45, 2.75) is 32.0 Å². The maximum absolute atomic E-state index is 13.0. The number of hydrogen-bond acceptors (Lipinski definition) is 2. The molecule has 0 aromatic heterocycles. The van der Waals surface area contributed by atoms with Crippen molar-refractivity contribution in [1.29, 1.82) is 0 Å². The maximum atomic E-state index is 13.0. The van der Waals surface area contributed by atoms with E-state index >= 15 is 0 Å². The molecule has 1 amide bonds. The molecule has 0 unspecified atom stereocenters. The normalized spacial score (nSPS) is 23.8. The number of hydrogen-bond donors (Lipinski definition) is 0. The number of rotatable bonds is 2. The quantitative estimate of drug-likeness (QED) is 0.766. The fraction of sp³-hybridized carbons (Fsp3) is 0.316. The van der Waals surface area contributed by atoms with E-state index < -0.39 is 0 Å². The minimum atomic E-state index is -0.0807. The molecular formula is C19H18Cl2N2O. The summed E-state index contributed by atoms with van der Waals surface area (Å²) in [6.45, 7) is 3.01. The molecule has 0 aliphatic carbocycles. The van der Waals surface area contributed by atoms with Crippen LogP contribution in [0.3, 0.4) is 0 Å². The standard InChI is InChI=1S/C19H18Cl2N2O/c1-12-4-6-13(7-5-12)18-22-10-2-3-17(22)19(24)23(18)14-8-9-15(20)16(21)11-14/h4-9,11,17-18H,2-3,10H2,1H3/t17-,18+/m1/s1. The SMILES string of the molecule is Cc1ccc([C@@H]2N(c3ccc(Cl)c(Cl)c3)C(=O)[C@H]3CCCN32)cc1. The Balaban J connectivity index is 1.81. The summed E-state index contributed by atoms with van der Waals surface area (Å²) < 4.78 is 0. The lowest BCUT2D eigenvalue weighted by atomic mass is 10.1. The second-order valence-corrected chi connectivity index (χ2v) is 7.30. The molecule has 0 saturated carbocycles. The third kappa shape index (κ3) is 2.52. The number of nitrogens with zero attached hydrogens (tertiary/aromatic N) is 2. The Morgan fingerprint density at radius 3 is 2.50 bits per heavy atom. The van der Waals surface area contributed by atoms with Gasteiger partial charge < -0.3 is 0 Å². The van der Waals surface area contributed by atoms with Gasteiger partial charge in [-0.25, -0.2) is 0 Å². The van der Waals surface area contributed by atoms with Crippen LogP contribution in [0.2, 0.25) is 10.0 Å². The number of fused-ring (bicyclic) bond motifs is 1. The predicted octanol–water partition coefficient (Wildman–Crippen LogP) is 4.81. The summed E-state index contributed by atoms with van der Waals surface area (Å²) in [5.41, 5.74) is 3.14. The highest BCUT2D eigenvalue weighted by Gasteiger charge is 2.49. The largest absolute Gasteiger partial charge is 0.290 e. The Labute approximate surface area is 151 Å². The van der Waals surface area contributed by atoms with Crippen LogP contribution >= 0.6 is 23.2 Å². The van der Waals surface area contributed by atoms with Gasteiger partial charge in [-0.05, 0) is 43.5 Å². The van der Waals surface area contributed by atoms with Gasteiger partial charge in [0.2, 0.25) is 5.91 Å². The number of halogens is 2. The first-order chi connectivity index (χ1) is 11.6. The smallest absolute Gasteiger partial charge is 0.246 e. The molecule has 2 aromatic carbocycles. The molecular weight excluding hydrogens is 343 g/mol. The van der Waals surface area contributed by atoms with Gasteiger partial charge in [-0.3, -0.25) is 14.6 Å². The lowest BCUT2D eigenvalue weighted by molar-refractivity contribution is -0.119. The van der Waals surface area contributed by atoms with Gasteiger partial charge in [0.05, 0.1) is 16.1 Å². The van der Waals surface area contributed by atoms with E-state index in [2.05, 4.69) is 36.1 Å². The molecule has 124 valence electrons. The Kier molecular flexibility index (Phi) is 4.03. The van der Waals surface area contributed by atoms with E-state index in [1.807, 2.05) is 11.0 Å². The zero-order valence-electron chi connectivity index (χ0n) is 13.4. The zero-order valence-corrected chi connectivity index (χ0v) is 14.9. The highest BCUT2D eigenvalue weighted by molar-refractivity contribution is 6.42. The Morgan fingerprint density at radius 1 is 1.04 bits per heavy atom. The van der Waals surface area contributed by atoms with Crippen molar-refractivity contribution in [2.24, 2.45) is 0 Å². The summed E-state index contributed by atoms with van der Waals surface area (Å²) in [7, 11) is 0. The van der Waals surface area contributed by atoms with Crippen molar-refractivity contribution in [3.63, 3.8) is 0 Å². The minimum absolute atomic E-state index is 0.0363. The van der Waals surface area contributed by atoms with E-state index in [9.17, 15) is 4.79 Å². The topological polar surface area (TPSA) is 23.6 Å². The molecule has 0 N–H and O–H groups in total. The fourth-order valence-electron chi connectivity index (χ4n) is 3.76. The summed E-state index contributed by atoms with van der Waals surface area (Å²) in [5, 5.41) is 0.969. The summed E-state index contributed by atoms with van der Waals surface area (Å²) in [6.07, 6.45) is 1.90. The van der Waals surface area contributed by atoms with Crippen LogP contribution in [-0.4, -0.2) is 23.4 Å². The van der Waals surface area contributed by atoms with Crippen molar-refractivity contribution in [2.75, 3.05) is 11.4 Å². The molecule has 4 rings (SSSR count). The lowest BCUT2D eigenvalue weighted by Crippen LogP contribution is -2.32. The van der Waals surface area contributed by atoms with Crippen LogP contribution in [0.4, 0.5) is 5.69 Å². The van der Waals surface area contributed by atoms with Gasteiger partial charge in [-0.1, -0.05) is 53.0 Å². The average Bonchev–Trinajstić information content (AvgIpc) is 3.14. The van der Waals surface area contributed by atoms with Crippen molar-refractivity contribution < 1.29 is 4.79 Å². The van der Waals surface area contributed by atoms with Crippen LogP contribution in [-0.2, 0) is 4.79 Å². The molecule has 2 aliphatic rings. The summed E-state index contributed by atoms with van der Waals surface area (Å²) >= 11 is 12.2. The van der Waals surface area contributed by atoms with Crippen LogP contribution in [0.1, 0.15) is 30.1 Å². The van der Waals surface area contributed by atoms with Crippen LogP contribution in [0.5, 0.6) is 0 Å².